The fourth-order valence-corrected chi connectivity index (χ4v) is 2.34. The molecule has 0 aliphatic carbocycles. The van der Waals surface area contributed by atoms with Crippen molar-refractivity contribution in [2.45, 2.75) is 25.5 Å². The van der Waals surface area contributed by atoms with Crippen molar-refractivity contribution in [3.8, 4) is 0 Å². The first-order valence-electron chi connectivity index (χ1n) is 6.01. The van der Waals surface area contributed by atoms with Crippen LogP contribution in [0.5, 0.6) is 0 Å². The molecule has 0 amide bonds. The highest BCUT2D eigenvalue weighted by Crippen LogP contribution is 2.14. The third-order valence-corrected chi connectivity index (χ3v) is 3.56. The van der Waals surface area contributed by atoms with Crippen molar-refractivity contribution in [3.05, 3.63) is 41.5 Å². The predicted molar refractivity (Wildman–Crippen MR) is 74.4 cm³/mol. The van der Waals surface area contributed by atoms with E-state index in [9.17, 15) is 0 Å². The van der Waals surface area contributed by atoms with Crippen LogP contribution in [0.1, 0.15) is 30.6 Å². The highest BCUT2D eigenvalue weighted by Gasteiger charge is 2.07. The number of nitrogens with two attached hydrogens (primary N) is 1. The summed E-state index contributed by atoms with van der Waals surface area (Å²) in [6, 6.07) is 7.73. The number of hydrogen-bond acceptors (Lipinski definition) is 5. The molecule has 0 fully saturated rings. The van der Waals surface area contributed by atoms with Gasteiger partial charge in [-0.1, -0.05) is 24.2 Å². The van der Waals surface area contributed by atoms with Gasteiger partial charge in [-0.05, 0) is 29.9 Å². The Morgan fingerprint density at radius 1 is 1.39 bits per heavy atom. The zero-order chi connectivity index (χ0) is 12.8. The minimum Gasteiger partial charge on any atom is -0.399 e. The lowest BCUT2D eigenvalue weighted by Crippen LogP contribution is -1.92. The van der Waals surface area contributed by atoms with Crippen molar-refractivity contribution < 1.29 is 4.52 Å². The molecule has 1 aromatic carbocycles. The Morgan fingerprint density at radius 3 is 3.06 bits per heavy atom. The van der Waals surface area contributed by atoms with Gasteiger partial charge in [0.25, 0.3) is 0 Å². The van der Waals surface area contributed by atoms with Crippen LogP contribution >= 0.6 is 11.8 Å². The Morgan fingerprint density at radius 2 is 2.28 bits per heavy atom. The Balaban J connectivity index is 1.94. The van der Waals surface area contributed by atoms with Crippen LogP contribution in [0, 0.1) is 0 Å². The molecule has 96 valence electrons. The molecule has 0 saturated carbocycles. The fourth-order valence-electron chi connectivity index (χ4n) is 1.61. The van der Waals surface area contributed by atoms with Crippen molar-refractivity contribution in [2.24, 2.45) is 0 Å². The Kier molecular flexibility index (Phi) is 4.64. The topological polar surface area (TPSA) is 64.9 Å². The second-order valence-corrected chi connectivity index (χ2v) is 5.18. The van der Waals surface area contributed by atoms with E-state index in [1.807, 2.05) is 36.0 Å². The molecular weight excluding hydrogens is 246 g/mol. The fraction of sp³-hybridized carbons (Fsp3) is 0.385. The highest BCUT2D eigenvalue weighted by atomic mass is 32.2. The Hall–Kier alpha value is -1.49. The quantitative estimate of drug-likeness (QED) is 0.641. The SMILES string of the molecule is CCCSCc1noc(Cc2cccc(N)c2)n1. The van der Waals surface area contributed by atoms with E-state index in [1.165, 1.54) is 6.42 Å². The Labute approximate surface area is 111 Å². The van der Waals surface area contributed by atoms with E-state index in [0.717, 1.165) is 28.6 Å². The Bertz CT molecular complexity index is 498. The van der Waals surface area contributed by atoms with Crippen LogP contribution in [-0.2, 0) is 12.2 Å². The maximum atomic E-state index is 5.73. The van der Waals surface area contributed by atoms with Gasteiger partial charge in [0, 0.05) is 5.69 Å². The first kappa shape index (κ1) is 13.0. The van der Waals surface area contributed by atoms with Gasteiger partial charge in [-0.25, -0.2) is 0 Å². The maximum absolute atomic E-state index is 5.73. The molecule has 0 aliphatic heterocycles. The third kappa shape index (κ3) is 3.77. The van der Waals surface area contributed by atoms with Gasteiger partial charge in [-0.3, -0.25) is 0 Å². The van der Waals surface area contributed by atoms with Gasteiger partial charge in [-0.15, -0.1) is 0 Å². The smallest absolute Gasteiger partial charge is 0.231 e. The summed E-state index contributed by atoms with van der Waals surface area (Å²) in [7, 11) is 0. The summed E-state index contributed by atoms with van der Waals surface area (Å²) in [6.45, 7) is 2.16. The second kappa shape index (κ2) is 6.44. The minimum absolute atomic E-state index is 0.635. The second-order valence-electron chi connectivity index (χ2n) is 4.08. The van der Waals surface area contributed by atoms with Crippen molar-refractivity contribution in [2.75, 3.05) is 11.5 Å². The molecule has 0 atom stereocenters. The molecule has 5 heteroatoms. The zero-order valence-electron chi connectivity index (χ0n) is 10.4. The number of nitrogens with zero attached hydrogens (tertiary/aromatic N) is 2. The number of rotatable bonds is 6. The number of nitrogen functional groups attached to an aromatic ring is 1. The lowest BCUT2D eigenvalue weighted by atomic mass is 10.1. The molecule has 2 aromatic rings. The summed E-state index contributed by atoms with van der Waals surface area (Å²) in [5.74, 6) is 3.35. The minimum atomic E-state index is 0.635. The first-order valence-corrected chi connectivity index (χ1v) is 7.17. The van der Waals surface area contributed by atoms with Crippen LogP contribution in [0.2, 0.25) is 0 Å². The summed E-state index contributed by atoms with van der Waals surface area (Å²) < 4.78 is 5.22. The lowest BCUT2D eigenvalue weighted by Gasteiger charge is -1.97. The van der Waals surface area contributed by atoms with E-state index < -0.39 is 0 Å². The number of thioether (sulfide) groups is 1. The van der Waals surface area contributed by atoms with E-state index >= 15 is 0 Å². The molecule has 1 heterocycles. The summed E-state index contributed by atoms with van der Waals surface area (Å²) in [6.07, 6.45) is 1.80. The van der Waals surface area contributed by atoms with Crippen molar-refractivity contribution in [1.82, 2.24) is 10.1 Å². The van der Waals surface area contributed by atoms with Crippen LogP contribution in [-0.4, -0.2) is 15.9 Å². The highest BCUT2D eigenvalue weighted by molar-refractivity contribution is 7.98. The summed E-state index contributed by atoms with van der Waals surface area (Å²) in [5, 5.41) is 3.97. The molecular formula is C13H17N3OS. The number of benzene rings is 1. The summed E-state index contributed by atoms with van der Waals surface area (Å²) in [5.41, 5.74) is 7.57. The third-order valence-electron chi connectivity index (χ3n) is 2.40. The van der Waals surface area contributed by atoms with Gasteiger partial charge in [0.05, 0.1) is 12.2 Å². The summed E-state index contributed by atoms with van der Waals surface area (Å²) in [4.78, 5) is 4.37. The molecule has 0 unspecified atom stereocenters. The standard InChI is InChI=1S/C13H17N3OS/c1-2-6-18-9-12-15-13(17-16-12)8-10-4-3-5-11(14)7-10/h3-5,7H,2,6,8-9,14H2,1H3. The van der Waals surface area contributed by atoms with Gasteiger partial charge in [-0.2, -0.15) is 16.7 Å². The monoisotopic (exact) mass is 263 g/mol. The van der Waals surface area contributed by atoms with Crippen molar-refractivity contribution in [3.63, 3.8) is 0 Å². The van der Waals surface area contributed by atoms with E-state index in [1.54, 1.807) is 0 Å². The molecule has 18 heavy (non-hydrogen) atoms. The van der Waals surface area contributed by atoms with Crippen LogP contribution in [0.25, 0.3) is 0 Å². The molecule has 2 N–H and O–H groups in total. The predicted octanol–water partition coefficient (Wildman–Crippen LogP) is 2.89. The largest absolute Gasteiger partial charge is 0.399 e. The van der Waals surface area contributed by atoms with Crippen LogP contribution < -0.4 is 5.73 Å². The van der Waals surface area contributed by atoms with Crippen molar-refractivity contribution in [1.29, 1.82) is 0 Å². The van der Waals surface area contributed by atoms with E-state index in [4.69, 9.17) is 10.3 Å². The summed E-state index contributed by atoms with van der Waals surface area (Å²) >= 11 is 1.82. The molecule has 0 bridgehead atoms. The molecule has 0 radical (unpaired) electrons. The maximum Gasteiger partial charge on any atom is 0.231 e. The average Bonchev–Trinajstić information content (AvgIpc) is 2.77. The molecule has 1 aromatic heterocycles. The normalized spacial score (nSPS) is 10.7. The number of hydrogen-bond donors (Lipinski definition) is 1. The molecule has 0 saturated heterocycles. The van der Waals surface area contributed by atoms with Crippen LogP contribution in [0.15, 0.2) is 28.8 Å². The van der Waals surface area contributed by atoms with Gasteiger partial charge in [0.15, 0.2) is 5.82 Å². The van der Waals surface area contributed by atoms with E-state index in [2.05, 4.69) is 17.1 Å². The van der Waals surface area contributed by atoms with Gasteiger partial charge in [0.1, 0.15) is 0 Å². The molecule has 0 spiro atoms. The van der Waals surface area contributed by atoms with E-state index in [-0.39, 0.29) is 0 Å². The number of aromatic nitrogens is 2. The van der Waals surface area contributed by atoms with Gasteiger partial charge in [0.2, 0.25) is 5.89 Å². The average molecular weight is 263 g/mol. The van der Waals surface area contributed by atoms with Crippen molar-refractivity contribution >= 4 is 17.4 Å². The van der Waals surface area contributed by atoms with Gasteiger partial charge >= 0.3 is 0 Å². The number of anilines is 1. The van der Waals surface area contributed by atoms with E-state index in [0.29, 0.717) is 12.3 Å². The van der Waals surface area contributed by atoms with Gasteiger partial charge < -0.3 is 10.3 Å². The van der Waals surface area contributed by atoms with Crippen LogP contribution in [0.3, 0.4) is 0 Å². The lowest BCUT2D eigenvalue weighted by molar-refractivity contribution is 0.381. The molecule has 2 rings (SSSR count). The zero-order valence-corrected chi connectivity index (χ0v) is 11.2. The molecule has 4 nitrogen and oxygen atoms in total. The van der Waals surface area contributed by atoms with Crippen LogP contribution in [0.4, 0.5) is 5.69 Å². The first-order chi connectivity index (χ1) is 8.78. The molecule has 0 aliphatic rings.